The maximum Gasteiger partial charge on any atom is 0.338 e. The van der Waals surface area contributed by atoms with Crippen molar-refractivity contribution < 1.29 is 27.8 Å². The molecule has 3 aromatic rings. The number of aromatic nitrogens is 2. The summed E-state index contributed by atoms with van der Waals surface area (Å²) in [6, 6.07) is 8.27. The van der Waals surface area contributed by atoms with Crippen LogP contribution in [0.25, 0.3) is 11.7 Å². The number of hydrogen-bond donors (Lipinski definition) is 0. The predicted molar refractivity (Wildman–Crippen MR) is 94.4 cm³/mol. The molecule has 0 atom stereocenters. The van der Waals surface area contributed by atoms with E-state index in [0.29, 0.717) is 35.3 Å². The van der Waals surface area contributed by atoms with Crippen LogP contribution in [0.15, 0.2) is 45.4 Å². The van der Waals surface area contributed by atoms with Crippen LogP contribution < -0.4 is 9.47 Å². The Kier molecular flexibility index (Phi) is 5.75. The van der Waals surface area contributed by atoms with Crippen LogP contribution in [0.4, 0.5) is 0 Å². The Morgan fingerprint density at radius 3 is 2.74 bits per heavy atom. The van der Waals surface area contributed by atoms with E-state index in [9.17, 15) is 4.79 Å². The summed E-state index contributed by atoms with van der Waals surface area (Å²) in [4.78, 5) is 12.3. The zero-order valence-electron chi connectivity index (χ0n) is 15.3. The second-order valence-electron chi connectivity index (χ2n) is 6.12. The molecule has 0 N–H and O–H groups in total. The van der Waals surface area contributed by atoms with Gasteiger partial charge in [-0.3, -0.25) is 0 Å². The Balaban J connectivity index is 1.62. The smallest absolute Gasteiger partial charge is 0.338 e. The zero-order chi connectivity index (χ0) is 19.2. The molecule has 0 aliphatic carbocycles. The molecule has 0 saturated carbocycles. The summed E-state index contributed by atoms with van der Waals surface area (Å²) in [7, 11) is 1.52. The highest BCUT2D eigenvalue weighted by Gasteiger charge is 2.16. The van der Waals surface area contributed by atoms with Crippen molar-refractivity contribution in [1.29, 1.82) is 0 Å². The van der Waals surface area contributed by atoms with E-state index in [1.54, 1.807) is 30.3 Å². The number of carbonyl (C=O) groups is 1. The molecule has 2 heterocycles. The first-order valence-corrected chi connectivity index (χ1v) is 8.41. The van der Waals surface area contributed by atoms with Crippen molar-refractivity contribution in [2.75, 3.05) is 13.7 Å². The lowest BCUT2D eigenvalue weighted by Crippen LogP contribution is -2.08. The molecule has 1 aromatic carbocycles. The van der Waals surface area contributed by atoms with Crippen LogP contribution in [0.5, 0.6) is 11.5 Å². The minimum absolute atomic E-state index is 0.152. The van der Waals surface area contributed by atoms with Gasteiger partial charge in [0.05, 0.1) is 25.5 Å². The number of benzene rings is 1. The van der Waals surface area contributed by atoms with E-state index in [0.717, 1.165) is 0 Å². The van der Waals surface area contributed by atoms with Gasteiger partial charge in [0.1, 0.15) is 0 Å². The Labute approximate surface area is 156 Å². The molecule has 8 nitrogen and oxygen atoms in total. The first-order valence-electron chi connectivity index (χ1n) is 8.41. The standard InChI is InChI=1S/C19H20N2O6/c1-12(2)10-25-14-7-6-13(9-16(14)23-3)19(22)26-11-17-20-21-18(27-17)15-5-4-8-24-15/h4-9,12H,10-11H2,1-3H3. The van der Waals surface area contributed by atoms with Crippen LogP contribution in [-0.4, -0.2) is 29.9 Å². The maximum atomic E-state index is 12.3. The molecule has 0 radical (unpaired) electrons. The molecule has 0 fully saturated rings. The van der Waals surface area contributed by atoms with Crippen LogP contribution in [-0.2, 0) is 11.3 Å². The molecule has 0 aliphatic rings. The number of furan rings is 1. The molecule has 142 valence electrons. The van der Waals surface area contributed by atoms with Crippen LogP contribution in [0.1, 0.15) is 30.1 Å². The third-order valence-corrected chi connectivity index (χ3v) is 3.50. The lowest BCUT2D eigenvalue weighted by Gasteiger charge is -2.13. The average Bonchev–Trinajstić information content (AvgIpc) is 3.35. The number of carbonyl (C=O) groups excluding carboxylic acids is 1. The second kappa shape index (κ2) is 8.39. The van der Waals surface area contributed by atoms with E-state index in [1.165, 1.54) is 13.4 Å². The first kappa shape index (κ1) is 18.5. The molecule has 0 saturated heterocycles. The Morgan fingerprint density at radius 2 is 2.04 bits per heavy atom. The molecular formula is C19H20N2O6. The molecular weight excluding hydrogens is 352 g/mol. The maximum absolute atomic E-state index is 12.3. The highest BCUT2D eigenvalue weighted by molar-refractivity contribution is 5.90. The molecule has 0 unspecified atom stereocenters. The van der Waals surface area contributed by atoms with Gasteiger partial charge in [0.25, 0.3) is 11.8 Å². The van der Waals surface area contributed by atoms with Crippen molar-refractivity contribution in [2.24, 2.45) is 5.92 Å². The number of hydrogen-bond acceptors (Lipinski definition) is 8. The zero-order valence-corrected chi connectivity index (χ0v) is 15.3. The lowest BCUT2D eigenvalue weighted by atomic mass is 10.2. The predicted octanol–water partition coefficient (Wildman–Crippen LogP) is 3.73. The highest BCUT2D eigenvalue weighted by Crippen LogP contribution is 2.29. The van der Waals surface area contributed by atoms with Gasteiger partial charge in [-0.2, -0.15) is 0 Å². The number of methoxy groups -OCH3 is 1. The number of esters is 1. The normalized spacial score (nSPS) is 10.8. The van der Waals surface area contributed by atoms with Gasteiger partial charge < -0.3 is 23.0 Å². The molecule has 3 rings (SSSR count). The van der Waals surface area contributed by atoms with E-state index in [1.807, 2.05) is 13.8 Å². The van der Waals surface area contributed by atoms with E-state index < -0.39 is 5.97 Å². The molecule has 27 heavy (non-hydrogen) atoms. The fraction of sp³-hybridized carbons (Fsp3) is 0.316. The van der Waals surface area contributed by atoms with Crippen molar-refractivity contribution in [2.45, 2.75) is 20.5 Å². The summed E-state index contributed by atoms with van der Waals surface area (Å²) < 4.78 is 26.7. The van der Waals surface area contributed by atoms with E-state index in [2.05, 4.69) is 10.2 Å². The molecule has 2 aromatic heterocycles. The highest BCUT2D eigenvalue weighted by atomic mass is 16.5. The number of nitrogens with zero attached hydrogens (tertiary/aromatic N) is 2. The monoisotopic (exact) mass is 372 g/mol. The third kappa shape index (κ3) is 4.66. The third-order valence-electron chi connectivity index (χ3n) is 3.50. The summed E-state index contributed by atoms with van der Waals surface area (Å²) in [5, 5.41) is 7.67. The summed E-state index contributed by atoms with van der Waals surface area (Å²) in [5.74, 6) is 1.70. The van der Waals surface area contributed by atoms with Crippen molar-refractivity contribution in [3.8, 4) is 23.1 Å². The molecule has 8 heteroatoms. The van der Waals surface area contributed by atoms with Gasteiger partial charge in [-0.15, -0.1) is 10.2 Å². The number of rotatable bonds is 8. The summed E-state index contributed by atoms with van der Waals surface area (Å²) in [6.07, 6.45) is 1.50. The van der Waals surface area contributed by atoms with Gasteiger partial charge in [0.2, 0.25) is 0 Å². The van der Waals surface area contributed by atoms with Gasteiger partial charge in [-0.1, -0.05) is 13.8 Å². The summed E-state index contributed by atoms with van der Waals surface area (Å²) in [5.41, 5.74) is 0.328. The topological polar surface area (TPSA) is 96.8 Å². The van der Waals surface area contributed by atoms with Gasteiger partial charge in [-0.05, 0) is 36.2 Å². The minimum Gasteiger partial charge on any atom is -0.493 e. The molecule has 0 aliphatic heterocycles. The number of ether oxygens (including phenoxy) is 3. The fourth-order valence-corrected chi connectivity index (χ4v) is 2.19. The SMILES string of the molecule is COc1cc(C(=O)OCc2nnc(-c3ccco3)o2)ccc1OCC(C)C. The molecule has 0 amide bonds. The molecule has 0 spiro atoms. The van der Waals surface area contributed by atoms with Crippen LogP contribution in [0, 0.1) is 5.92 Å². The Morgan fingerprint density at radius 1 is 1.19 bits per heavy atom. The van der Waals surface area contributed by atoms with E-state index in [4.69, 9.17) is 23.0 Å². The van der Waals surface area contributed by atoms with Crippen molar-refractivity contribution >= 4 is 5.97 Å². The quantitative estimate of drug-likeness (QED) is 0.552. The van der Waals surface area contributed by atoms with Gasteiger partial charge in [0, 0.05) is 0 Å². The van der Waals surface area contributed by atoms with Gasteiger partial charge in [0.15, 0.2) is 23.9 Å². The van der Waals surface area contributed by atoms with Crippen molar-refractivity contribution in [1.82, 2.24) is 10.2 Å². The Hall–Kier alpha value is -3.29. The van der Waals surface area contributed by atoms with Crippen LogP contribution in [0.3, 0.4) is 0 Å². The van der Waals surface area contributed by atoms with Crippen LogP contribution >= 0.6 is 0 Å². The average molecular weight is 372 g/mol. The van der Waals surface area contributed by atoms with Crippen molar-refractivity contribution in [3.05, 3.63) is 48.0 Å². The largest absolute Gasteiger partial charge is 0.493 e. The fourth-order valence-electron chi connectivity index (χ4n) is 2.19. The lowest BCUT2D eigenvalue weighted by molar-refractivity contribution is 0.0438. The van der Waals surface area contributed by atoms with Gasteiger partial charge >= 0.3 is 5.97 Å². The minimum atomic E-state index is -0.540. The van der Waals surface area contributed by atoms with Crippen molar-refractivity contribution in [3.63, 3.8) is 0 Å². The van der Waals surface area contributed by atoms with Gasteiger partial charge in [-0.25, -0.2) is 4.79 Å². The van der Waals surface area contributed by atoms with E-state index in [-0.39, 0.29) is 18.4 Å². The summed E-state index contributed by atoms with van der Waals surface area (Å²) >= 11 is 0. The second-order valence-corrected chi connectivity index (χ2v) is 6.12. The van der Waals surface area contributed by atoms with Crippen LogP contribution in [0.2, 0.25) is 0 Å². The Bertz CT molecular complexity index is 886. The van der Waals surface area contributed by atoms with E-state index >= 15 is 0 Å². The first-order chi connectivity index (χ1) is 13.1. The summed E-state index contributed by atoms with van der Waals surface area (Å²) in [6.45, 7) is 4.50. The molecule has 0 bridgehead atoms.